The van der Waals surface area contributed by atoms with Gasteiger partial charge in [-0.2, -0.15) is 0 Å². The second-order valence-electron chi connectivity index (χ2n) is 12.0. The predicted octanol–water partition coefficient (Wildman–Crippen LogP) is 8.77. The molecule has 12 heteroatoms. The molecule has 0 fully saturated rings. The van der Waals surface area contributed by atoms with Gasteiger partial charge >= 0.3 is 0 Å². The number of carbonyl (C=O) groups excluding carboxylic acids is 2. The molecule has 0 aliphatic heterocycles. The Kier molecular flexibility index (Phi) is 11.7. The van der Waals surface area contributed by atoms with E-state index in [9.17, 15) is 9.59 Å². The molecule has 12 nitrogen and oxygen atoms in total. The summed E-state index contributed by atoms with van der Waals surface area (Å²) in [7, 11) is 0. The molecule has 0 radical (unpaired) electrons. The zero-order valence-electron chi connectivity index (χ0n) is 29.7. The molecule has 0 saturated carbocycles. The molecule has 2 amide bonds. The predicted molar refractivity (Wildman–Crippen MR) is 221 cm³/mol. The normalized spacial score (nSPS) is 11.4. The van der Waals surface area contributed by atoms with Crippen LogP contribution in [-0.2, 0) is 0 Å². The fourth-order valence-electron chi connectivity index (χ4n) is 5.20. The lowest BCUT2D eigenvalue weighted by molar-refractivity contribution is 0.101. The third kappa shape index (κ3) is 10.5. The molecule has 7 aromatic rings. The summed E-state index contributed by atoms with van der Waals surface area (Å²) in [5, 5.41) is 5.86. The average molecular weight is 733 g/mol. The maximum Gasteiger partial charge on any atom is 0.255 e. The van der Waals surface area contributed by atoms with E-state index >= 15 is 0 Å². The van der Waals surface area contributed by atoms with E-state index in [0.29, 0.717) is 68.0 Å². The van der Waals surface area contributed by atoms with Gasteiger partial charge in [0.15, 0.2) is 0 Å². The number of hydrogen-bond acceptors (Lipinski definition) is 10. The summed E-state index contributed by atoms with van der Waals surface area (Å²) >= 11 is 0. The minimum absolute atomic E-state index is 0.324. The van der Waals surface area contributed by atoms with Crippen LogP contribution in [0.4, 0.5) is 34.1 Å². The van der Waals surface area contributed by atoms with Crippen molar-refractivity contribution in [3.8, 4) is 0 Å². The molecular weight excluding hydrogens is 701 g/mol. The first kappa shape index (κ1) is 36.2. The van der Waals surface area contributed by atoms with Gasteiger partial charge in [-0.1, -0.05) is 30.3 Å². The van der Waals surface area contributed by atoms with Gasteiger partial charge in [0.25, 0.3) is 11.8 Å². The Bertz CT molecular complexity index is 2250. The van der Waals surface area contributed by atoms with Gasteiger partial charge < -0.3 is 10.6 Å². The second kappa shape index (κ2) is 18.1. The number of hydrogen-bond donors (Lipinski definition) is 2. The van der Waals surface area contributed by atoms with Crippen LogP contribution in [0.3, 0.4) is 0 Å². The SMILES string of the molecule is O=C(Nc1cccc(NC(=O)c2cc(N=Cc3ccccn3)cc(N=Cc3ccccn3)c2)c1)c1cc(N=Cc2ccccn2)cc(N=Cc2ccccn2)c1. The number of aliphatic imine (C=N–C) groups is 4. The Balaban J connectivity index is 1.11. The number of benzene rings is 3. The van der Waals surface area contributed by atoms with E-state index in [2.05, 4.69) is 50.5 Å². The minimum atomic E-state index is -0.397. The summed E-state index contributed by atoms with van der Waals surface area (Å²) in [4.78, 5) is 62.7. The van der Waals surface area contributed by atoms with Gasteiger partial charge in [-0.05, 0) is 103 Å². The topological polar surface area (TPSA) is 159 Å². The first-order valence-electron chi connectivity index (χ1n) is 17.4. The van der Waals surface area contributed by atoms with E-state index in [1.807, 2.05) is 72.8 Å². The largest absolute Gasteiger partial charge is 0.322 e. The smallest absolute Gasteiger partial charge is 0.255 e. The Hall–Kier alpha value is -8.12. The Morgan fingerprint density at radius 1 is 0.393 bits per heavy atom. The number of nitrogens with zero attached hydrogens (tertiary/aromatic N) is 8. The number of rotatable bonds is 12. The van der Waals surface area contributed by atoms with Crippen LogP contribution in [0.15, 0.2) is 178 Å². The summed E-state index contributed by atoms with van der Waals surface area (Å²) < 4.78 is 0. The van der Waals surface area contributed by atoms with Crippen LogP contribution in [0.1, 0.15) is 43.5 Å². The molecule has 56 heavy (non-hydrogen) atoms. The Labute approximate surface area is 322 Å². The van der Waals surface area contributed by atoms with E-state index in [1.54, 1.807) is 110 Å². The second-order valence-corrected chi connectivity index (χ2v) is 12.0. The lowest BCUT2D eigenvalue weighted by Gasteiger charge is -2.11. The van der Waals surface area contributed by atoms with Crippen LogP contribution < -0.4 is 10.6 Å². The summed E-state index contributed by atoms with van der Waals surface area (Å²) in [5.74, 6) is -0.793. The van der Waals surface area contributed by atoms with E-state index in [1.165, 1.54) is 0 Å². The van der Waals surface area contributed by atoms with Crippen molar-refractivity contribution in [2.75, 3.05) is 10.6 Å². The van der Waals surface area contributed by atoms with Gasteiger partial charge in [-0.15, -0.1) is 0 Å². The lowest BCUT2D eigenvalue weighted by Crippen LogP contribution is -2.14. The molecule has 7 rings (SSSR count). The molecule has 0 atom stereocenters. The van der Waals surface area contributed by atoms with Crippen LogP contribution in [-0.4, -0.2) is 56.6 Å². The fourth-order valence-corrected chi connectivity index (χ4v) is 5.20. The molecule has 0 aliphatic carbocycles. The highest BCUT2D eigenvalue weighted by molar-refractivity contribution is 6.08. The van der Waals surface area contributed by atoms with Gasteiger partial charge in [0.1, 0.15) is 0 Å². The molecular formula is C44H32N10O2. The molecule has 270 valence electrons. The lowest BCUT2D eigenvalue weighted by atomic mass is 10.1. The summed E-state index contributed by atoms with van der Waals surface area (Å²) in [6, 6.07) is 39.1. The summed E-state index contributed by atoms with van der Waals surface area (Å²) in [6.07, 6.45) is 13.2. The van der Waals surface area contributed by atoms with Gasteiger partial charge in [-0.3, -0.25) is 49.5 Å². The summed E-state index contributed by atoms with van der Waals surface area (Å²) in [5.41, 5.74) is 6.26. The van der Waals surface area contributed by atoms with Crippen molar-refractivity contribution in [1.29, 1.82) is 0 Å². The highest BCUT2D eigenvalue weighted by atomic mass is 16.2. The first-order chi connectivity index (χ1) is 27.5. The highest BCUT2D eigenvalue weighted by Gasteiger charge is 2.13. The molecule has 0 unspecified atom stereocenters. The maximum absolute atomic E-state index is 13.7. The number of aromatic nitrogens is 4. The van der Waals surface area contributed by atoms with E-state index in [-0.39, 0.29) is 0 Å². The van der Waals surface area contributed by atoms with Crippen LogP contribution in [0, 0.1) is 0 Å². The van der Waals surface area contributed by atoms with Crippen LogP contribution in [0.5, 0.6) is 0 Å². The van der Waals surface area contributed by atoms with Gasteiger partial charge in [0, 0.05) is 47.3 Å². The molecule has 0 aliphatic rings. The van der Waals surface area contributed by atoms with Crippen molar-refractivity contribution < 1.29 is 9.59 Å². The van der Waals surface area contributed by atoms with Crippen LogP contribution in [0.2, 0.25) is 0 Å². The third-order valence-electron chi connectivity index (χ3n) is 7.84. The minimum Gasteiger partial charge on any atom is -0.322 e. The van der Waals surface area contributed by atoms with Crippen molar-refractivity contribution in [3.05, 3.63) is 192 Å². The number of anilines is 2. The number of carbonyl (C=O) groups is 2. The van der Waals surface area contributed by atoms with E-state index < -0.39 is 11.8 Å². The van der Waals surface area contributed by atoms with Crippen molar-refractivity contribution >= 4 is 70.8 Å². The maximum atomic E-state index is 13.7. The number of amides is 2. The Morgan fingerprint density at radius 3 is 1.00 bits per heavy atom. The van der Waals surface area contributed by atoms with Gasteiger partial charge in [0.05, 0.1) is 70.4 Å². The van der Waals surface area contributed by atoms with Gasteiger partial charge in [-0.25, -0.2) is 0 Å². The third-order valence-corrected chi connectivity index (χ3v) is 7.84. The van der Waals surface area contributed by atoms with Crippen LogP contribution in [0.25, 0.3) is 0 Å². The van der Waals surface area contributed by atoms with Crippen molar-refractivity contribution in [3.63, 3.8) is 0 Å². The molecule has 2 N–H and O–H groups in total. The van der Waals surface area contributed by atoms with Crippen molar-refractivity contribution in [1.82, 2.24) is 19.9 Å². The highest BCUT2D eigenvalue weighted by Crippen LogP contribution is 2.27. The zero-order valence-corrected chi connectivity index (χ0v) is 29.7. The molecule has 0 spiro atoms. The molecule has 0 saturated heterocycles. The first-order valence-corrected chi connectivity index (χ1v) is 17.4. The molecule has 3 aromatic carbocycles. The van der Waals surface area contributed by atoms with Crippen LogP contribution >= 0.6 is 0 Å². The van der Waals surface area contributed by atoms with E-state index in [4.69, 9.17) is 0 Å². The van der Waals surface area contributed by atoms with E-state index in [0.717, 1.165) is 0 Å². The van der Waals surface area contributed by atoms with Crippen molar-refractivity contribution in [2.45, 2.75) is 0 Å². The fraction of sp³-hybridized carbons (Fsp3) is 0. The van der Waals surface area contributed by atoms with Gasteiger partial charge in [0.2, 0.25) is 0 Å². The zero-order chi connectivity index (χ0) is 38.4. The molecule has 4 heterocycles. The average Bonchev–Trinajstić information content (AvgIpc) is 3.25. The standard InChI is InChI=1S/C44H32N10O2/c55-43(31-20-39(49-27-35-10-1-5-16-45-35)25-40(21-31)50-28-36-11-2-6-17-46-36)53-33-14-9-15-34(24-33)54-44(56)32-22-41(51-29-37-12-3-7-18-47-37)26-42(23-32)52-30-38-13-4-8-19-48-38/h1-30H,(H,53,55)(H,54,56). The molecule has 0 bridgehead atoms. The quantitative estimate of drug-likeness (QED) is 0.120. The van der Waals surface area contributed by atoms with Crippen molar-refractivity contribution in [2.24, 2.45) is 20.0 Å². The number of nitrogens with one attached hydrogen (secondary N) is 2. The Morgan fingerprint density at radius 2 is 0.714 bits per heavy atom. The molecule has 4 aromatic heterocycles. The summed E-state index contributed by atoms with van der Waals surface area (Å²) in [6.45, 7) is 0. The number of pyridine rings is 4. The monoisotopic (exact) mass is 732 g/mol.